The van der Waals surface area contributed by atoms with E-state index in [4.69, 9.17) is 4.74 Å². The molecule has 0 fully saturated rings. The summed E-state index contributed by atoms with van der Waals surface area (Å²) in [7, 11) is 0. The van der Waals surface area contributed by atoms with E-state index >= 15 is 0 Å². The van der Waals surface area contributed by atoms with Crippen LogP contribution < -0.4 is 0 Å². The van der Waals surface area contributed by atoms with Gasteiger partial charge in [0.05, 0.1) is 0 Å². The third kappa shape index (κ3) is 8.62. The summed E-state index contributed by atoms with van der Waals surface area (Å²) in [5.41, 5.74) is 0.998. The van der Waals surface area contributed by atoms with Gasteiger partial charge < -0.3 is 4.74 Å². The normalized spacial score (nSPS) is 10.6. The molecule has 21 heavy (non-hydrogen) atoms. The zero-order chi connectivity index (χ0) is 15.5. The molecular formula is C17H24Br2O2. The molecule has 0 amide bonds. The van der Waals surface area contributed by atoms with Crippen LogP contribution in [-0.2, 0) is 16.1 Å². The summed E-state index contributed by atoms with van der Waals surface area (Å²) < 4.78 is 7.27. The van der Waals surface area contributed by atoms with Crippen molar-refractivity contribution in [3.63, 3.8) is 0 Å². The van der Waals surface area contributed by atoms with Gasteiger partial charge >= 0.3 is 5.97 Å². The average molecular weight is 420 g/mol. The third-order valence-electron chi connectivity index (χ3n) is 3.37. The zero-order valence-corrected chi connectivity index (χ0v) is 15.8. The molecule has 0 N–H and O–H groups in total. The molecular weight excluding hydrogens is 396 g/mol. The summed E-state index contributed by atoms with van der Waals surface area (Å²) in [6.07, 6.45) is 9.04. The maximum Gasteiger partial charge on any atom is 0.306 e. The quantitative estimate of drug-likeness (QED) is 0.324. The highest BCUT2D eigenvalue weighted by atomic mass is 79.9. The van der Waals surface area contributed by atoms with Gasteiger partial charge in [0, 0.05) is 15.4 Å². The van der Waals surface area contributed by atoms with Gasteiger partial charge in [0.2, 0.25) is 0 Å². The van der Waals surface area contributed by atoms with Gasteiger partial charge in [-0.25, -0.2) is 0 Å². The molecule has 0 atom stereocenters. The molecule has 0 unspecified atom stereocenters. The molecule has 0 radical (unpaired) electrons. The van der Waals surface area contributed by atoms with Crippen LogP contribution in [0.3, 0.4) is 0 Å². The molecule has 0 heterocycles. The summed E-state index contributed by atoms with van der Waals surface area (Å²) in [6.45, 7) is 2.57. The summed E-state index contributed by atoms with van der Waals surface area (Å²) in [5, 5.41) is 0. The SMILES string of the molecule is CCCCCCCCCC(=O)OCc1ccc(Br)c(Br)c1. The Morgan fingerprint density at radius 1 is 1.00 bits per heavy atom. The molecule has 2 nitrogen and oxygen atoms in total. The lowest BCUT2D eigenvalue weighted by Crippen LogP contribution is -2.04. The van der Waals surface area contributed by atoms with Crippen LogP contribution in [0.4, 0.5) is 0 Å². The number of rotatable bonds is 10. The van der Waals surface area contributed by atoms with Crippen molar-refractivity contribution in [3.05, 3.63) is 32.7 Å². The summed E-state index contributed by atoms with van der Waals surface area (Å²) in [4.78, 5) is 11.7. The highest BCUT2D eigenvalue weighted by Gasteiger charge is 2.04. The number of unbranched alkanes of at least 4 members (excludes halogenated alkanes) is 6. The molecule has 1 aromatic rings. The van der Waals surface area contributed by atoms with Gasteiger partial charge in [-0.15, -0.1) is 0 Å². The van der Waals surface area contributed by atoms with E-state index in [0.29, 0.717) is 13.0 Å². The van der Waals surface area contributed by atoms with Crippen LogP contribution in [0.2, 0.25) is 0 Å². The van der Waals surface area contributed by atoms with E-state index in [-0.39, 0.29) is 5.97 Å². The topological polar surface area (TPSA) is 26.3 Å². The van der Waals surface area contributed by atoms with Crippen molar-refractivity contribution in [2.45, 2.75) is 64.9 Å². The van der Waals surface area contributed by atoms with Crippen molar-refractivity contribution in [2.24, 2.45) is 0 Å². The zero-order valence-electron chi connectivity index (χ0n) is 12.7. The Labute approximate surface area is 144 Å². The fourth-order valence-corrected chi connectivity index (χ4v) is 2.76. The summed E-state index contributed by atoms with van der Waals surface area (Å²) in [5.74, 6) is -0.0948. The van der Waals surface area contributed by atoms with Gasteiger partial charge in [-0.3, -0.25) is 4.79 Å². The Kier molecular flexibility index (Phi) is 10.0. The minimum atomic E-state index is -0.0948. The highest BCUT2D eigenvalue weighted by Crippen LogP contribution is 2.24. The molecule has 0 aliphatic rings. The van der Waals surface area contributed by atoms with Gasteiger partial charge in [-0.1, -0.05) is 51.5 Å². The Bertz CT molecular complexity index is 433. The van der Waals surface area contributed by atoms with Crippen LogP contribution in [-0.4, -0.2) is 5.97 Å². The highest BCUT2D eigenvalue weighted by molar-refractivity contribution is 9.13. The Balaban J connectivity index is 2.09. The molecule has 0 saturated heterocycles. The Morgan fingerprint density at radius 3 is 2.33 bits per heavy atom. The van der Waals surface area contributed by atoms with Crippen LogP contribution in [0.15, 0.2) is 27.1 Å². The first-order valence-corrected chi connectivity index (χ1v) is 9.31. The second kappa shape index (κ2) is 11.2. The van der Waals surface area contributed by atoms with E-state index in [2.05, 4.69) is 38.8 Å². The van der Waals surface area contributed by atoms with E-state index in [1.807, 2.05) is 18.2 Å². The predicted molar refractivity (Wildman–Crippen MR) is 94.2 cm³/mol. The summed E-state index contributed by atoms with van der Waals surface area (Å²) >= 11 is 6.86. The van der Waals surface area contributed by atoms with Crippen LogP contribution >= 0.6 is 31.9 Å². The van der Waals surface area contributed by atoms with Gasteiger partial charge in [-0.05, 0) is 56.0 Å². The number of carbonyl (C=O) groups excluding carboxylic acids is 1. The van der Waals surface area contributed by atoms with Crippen molar-refractivity contribution < 1.29 is 9.53 Å². The summed E-state index contributed by atoms with van der Waals surface area (Å²) in [6, 6.07) is 5.87. The van der Waals surface area contributed by atoms with Crippen molar-refractivity contribution in [1.29, 1.82) is 0 Å². The van der Waals surface area contributed by atoms with Crippen LogP contribution in [0.25, 0.3) is 0 Å². The lowest BCUT2D eigenvalue weighted by molar-refractivity contribution is -0.145. The number of ether oxygens (including phenoxy) is 1. The molecule has 1 rings (SSSR count). The second-order valence-electron chi connectivity index (χ2n) is 5.28. The molecule has 118 valence electrons. The van der Waals surface area contributed by atoms with Crippen LogP contribution in [0, 0.1) is 0 Å². The van der Waals surface area contributed by atoms with Gasteiger partial charge in [0.25, 0.3) is 0 Å². The molecule has 0 spiro atoms. The Hall–Kier alpha value is -0.350. The van der Waals surface area contributed by atoms with Gasteiger partial charge in [-0.2, -0.15) is 0 Å². The molecule has 1 aromatic carbocycles. The minimum absolute atomic E-state index is 0.0948. The first kappa shape index (κ1) is 18.7. The fourth-order valence-electron chi connectivity index (χ4n) is 2.09. The second-order valence-corrected chi connectivity index (χ2v) is 6.99. The van der Waals surface area contributed by atoms with E-state index < -0.39 is 0 Å². The first-order chi connectivity index (χ1) is 10.1. The van der Waals surface area contributed by atoms with Crippen LogP contribution in [0.5, 0.6) is 0 Å². The monoisotopic (exact) mass is 418 g/mol. The van der Waals surface area contributed by atoms with Crippen molar-refractivity contribution in [1.82, 2.24) is 0 Å². The molecule has 4 heteroatoms. The number of hydrogen-bond donors (Lipinski definition) is 0. The standard InChI is InChI=1S/C17H24Br2O2/c1-2-3-4-5-6-7-8-9-17(20)21-13-14-10-11-15(18)16(19)12-14/h10-12H,2-9,13H2,1H3. The third-order valence-corrected chi connectivity index (χ3v) is 5.25. The maximum absolute atomic E-state index is 11.7. The number of benzene rings is 1. The minimum Gasteiger partial charge on any atom is -0.461 e. The number of hydrogen-bond acceptors (Lipinski definition) is 2. The average Bonchev–Trinajstić information content (AvgIpc) is 2.47. The van der Waals surface area contributed by atoms with Gasteiger partial charge in [0.15, 0.2) is 0 Å². The largest absolute Gasteiger partial charge is 0.461 e. The molecule has 0 aliphatic heterocycles. The van der Waals surface area contributed by atoms with Crippen molar-refractivity contribution in [3.8, 4) is 0 Å². The van der Waals surface area contributed by atoms with Crippen LogP contribution in [0.1, 0.15) is 63.9 Å². The number of halogens is 2. The molecule has 0 aromatic heterocycles. The first-order valence-electron chi connectivity index (χ1n) is 7.73. The number of esters is 1. The van der Waals surface area contributed by atoms with Gasteiger partial charge in [0.1, 0.15) is 6.61 Å². The van der Waals surface area contributed by atoms with E-state index in [1.54, 1.807) is 0 Å². The number of carbonyl (C=O) groups is 1. The van der Waals surface area contributed by atoms with E-state index in [0.717, 1.165) is 27.4 Å². The van der Waals surface area contributed by atoms with E-state index in [9.17, 15) is 4.79 Å². The van der Waals surface area contributed by atoms with Crippen molar-refractivity contribution >= 4 is 37.8 Å². The maximum atomic E-state index is 11.7. The molecule has 0 aliphatic carbocycles. The lowest BCUT2D eigenvalue weighted by Gasteiger charge is -2.06. The van der Waals surface area contributed by atoms with Crippen molar-refractivity contribution in [2.75, 3.05) is 0 Å². The molecule has 0 bridgehead atoms. The smallest absolute Gasteiger partial charge is 0.306 e. The predicted octanol–water partition coefficient (Wildman–Crippen LogP) is 6.40. The fraction of sp³-hybridized carbons (Fsp3) is 0.588. The molecule has 0 saturated carbocycles. The lowest BCUT2D eigenvalue weighted by atomic mass is 10.1. The van der Waals surface area contributed by atoms with E-state index in [1.165, 1.54) is 32.1 Å². The Morgan fingerprint density at radius 2 is 1.67 bits per heavy atom.